The number of carbonyl (C=O) groups excluding carboxylic acids is 2. The number of aromatic hydroxyl groups is 1. The number of amides is 2. The molecule has 0 saturated carbocycles. The lowest BCUT2D eigenvalue weighted by Crippen LogP contribution is -2.39. The van der Waals surface area contributed by atoms with Gasteiger partial charge in [-0.05, 0) is 29.7 Å². The highest BCUT2D eigenvalue weighted by Gasteiger charge is 2.12. The fraction of sp³-hybridized carbons (Fsp3) is 0.357. The van der Waals surface area contributed by atoms with Crippen LogP contribution in [0.4, 0.5) is 0 Å². The van der Waals surface area contributed by atoms with Gasteiger partial charge in [0.05, 0.1) is 13.3 Å². The number of ether oxygens (including phenoxy) is 1. The predicted octanol–water partition coefficient (Wildman–Crippen LogP) is 0.623. The summed E-state index contributed by atoms with van der Waals surface area (Å²) < 4.78 is 4.94. The van der Waals surface area contributed by atoms with Crippen LogP contribution < -0.4 is 15.5 Å². The normalized spacial score (nSPS) is 10.7. The van der Waals surface area contributed by atoms with Gasteiger partial charge < -0.3 is 15.2 Å². The molecule has 0 aromatic heterocycles. The lowest BCUT2D eigenvalue weighted by Gasteiger charge is -2.06. The third-order valence-electron chi connectivity index (χ3n) is 2.46. The maximum absolute atomic E-state index is 11.4. The van der Waals surface area contributed by atoms with Crippen molar-refractivity contribution in [1.82, 2.24) is 10.7 Å². The summed E-state index contributed by atoms with van der Waals surface area (Å²) in [5, 5.41) is 15.6. The Morgan fingerprint density at radius 1 is 1.38 bits per heavy atom. The molecule has 0 spiro atoms. The van der Waals surface area contributed by atoms with Crippen LogP contribution >= 0.6 is 0 Å². The second-order valence-corrected chi connectivity index (χ2v) is 4.73. The Hall–Kier alpha value is -2.57. The minimum atomic E-state index is -0.836. The van der Waals surface area contributed by atoms with E-state index in [4.69, 9.17) is 4.74 Å². The Morgan fingerprint density at radius 3 is 2.71 bits per heavy atom. The zero-order chi connectivity index (χ0) is 15.8. The first kappa shape index (κ1) is 16.5. The molecule has 1 rings (SSSR count). The van der Waals surface area contributed by atoms with Crippen LogP contribution in [0.5, 0.6) is 11.5 Å². The quantitative estimate of drug-likeness (QED) is 0.421. The van der Waals surface area contributed by atoms with Gasteiger partial charge in [-0.25, -0.2) is 5.43 Å². The zero-order valence-corrected chi connectivity index (χ0v) is 12.2. The van der Waals surface area contributed by atoms with Gasteiger partial charge >= 0.3 is 11.8 Å². The van der Waals surface area contributed by atoms with Crippen molar-refractivity contribution in [1.29, 1.82) is 0 Å². The second kappa shape index (κ2) is 7.88. The maximum atomic E-state index is 11.4. The molecule has 0 atom stereocenters. The molecule has 0 saturated heterocycles. The van der Waals surface area contributed by atoms with Gasteiger partial charge in [0.2, 0.25) is 0 Å². The monoisotopic (exact) mass is 293 g/mol. The molecular weight excluding hydrogens is 274 g/mol. The molecule has 2 amide bonds. The third-order valence-corrected chi connectivity index (χ3v) is 2.46. The van der Waals surface area contributed by atoms with Crippen molar-refractivity contribution in [3.63, 3.8) is 0 Å². The number of hydrogen-bond donors (Lipinski definition) is 3. The Balaban J connectivity index is 2.54. The number of hydrogen-bond acceptors (Lipinski definition) is 5. The first-order valence-corrected chi connectivity index (χ1v) is 6.42. The van der Waals surface area contributed by atoms with Crippen molar-refractivity contribution >= 4 is 18.0 Å². The number of nitrogens with zero attached hydrogens (tertiary/aromatic N) is 1. The Labute approximate surface area is 123 Å². The molecule has 0 bridgehead atoms. The van der Waals surface area contributed by atoms with E-state index in [-0.39, 0.29) is 11.7 Å². The van der Waals surface area contributed by atoms with E-state index in [0.717, 1.165) is 0 Å². The van der Waals surface area contributed by atoms with Gasteiger partial charge in [-0.3, -0.25) is 9.59 Å². The molecule has 1 aromatic carbocycles. The minimum absolute atomic E-state index is 0.00625. The van der Waals surface area contributed by atoms with Crippen molar-refractivity contribution in [3.05, 3.63) is 23.8 Å². The van der Waals surface area contributed by atoms with Crippen LogP contribution in [0, 0.1) is 5.92 Å². The molecule has 0 aliphatic rings. The maximum Gasteiger partial charge on any atom is 0.329 e. The average Bonchev–Trinajstić information content (AvgIpc) is 2.46. The second-order valence-electron chi connectivity index (χ2n) is 4.73. The van der Waals surface area contributed by atoms with Gasteiger partial charge in [0, 0.05) is 6.54 Å². The summed E-state index contributed by atoms with van der Waals surface area (Å²) >= 11 is 0. The van der Waals surface area contributed by atoms with Gasteiger partial charge in [0.1, 0.15) is 0 Å². The number of carbonyl (C=O) groups is 2. The van der Waals surface area contributed by atoms with E-state index in [2.05, 4.69) is 15.8 Å². The number of phenolic OH excluding ortho intramolecular Hbond substituents is 1. The Morgan fingerprint density at radius 2 is 2.10 bits per heavy atom. The van der Waals surface area contributed by atoms with Crippen molar-refractivity contribution in [2.75, 3.05) is 13.7 Å². The van der Waals surface area contributed by atoms with Crippen LogP contribution in [0.25, 0.3) is 0 Å². The van der Waals surface area contributed by atoms with Gasteiger partial charge in [-0.1, -0.05) is 13.8 Å². The fourth-order valence-corrected chi connectivity index (χ4v) is 1.37. The first-order chi connectivity index (χ1) is 9.93. The molecule has 1 aromatic rings. The number of rotatable bonds is 5. The predicted molar refractivity (Wildman–Crippen MR) is 78.2 cm³/mol. The van der Waals surface area contributed by atoms with Crippen molar-refractivity contribution in [3.8, 4) is 11.5 Å². The summed E-state index contributed by atoms with van der Waals surface area (Å²) in [6.07, 6.45) is 1.34. The lowest BCUT2D eigenvalue weighted by atomic mass is 10.2. The standard InChI is InChI=1S/C14H19N3O4/c1-9(2)7-15-13(19)14(20)17-16-8-10-4-5-11(18)12(6-10)21-3/h4-6,8-9,18H,7H2,1-3H3,(H,15,19)(H,17,20). The molecule has 21 heavy (non-hydrogen) atoms. The van der Waals surface area contributed by atoms with E-state index in [0.29, 0.717) is 17.9 Å². The van der Waals surface area contributed by atoms with Crippen LogP contribution in [0.3, 0.4) is 0 Å². The summed E-state index contributed by atoms with van der Waals surface area (Å²) in [4.78, 5) is 22.8. The van der Waals surface area contributed by atoms with Crippen molar-refractivity contribution in [2.45, 2.75) is 13.8 Å². The number of nitrogens with one attached hydrogen (secondary N) is 2. The molecule has 3 N–H and O–H groups in total. The van der Waals surface area contributed by atoms with Gasteiger partial charge in [0.15, 0.2) is 11.5 Å². The molecule has 7 nitrogen and oxygen atoms in total. The van der Waals surface area contributed by atoms with E-state index >= 15 is 0 Å². The van der Waals surface area contributed by atoms with Gasteiger partial charge in [0.25, 0.3) is 0 Å². The van der Waals surface area contributed by atoms with E-state index in [1.807, 2.05) is 13.8 Å². The smallest absolute Gasteiger partial charge is 0.329 e. The largest absolute Gasteiger partial charge is 0.504 e. The summed E-state index contributed by atoms with van der Waals surface area (Å²) in [6, 6.07) is 4.58. The topological polar surface area (TPSA) is 100 Å². The van der Waals surface area contributed by atoms with Gasteiger partial charge in [-0.2, -0.15) is 5.10 Å². The minimum Gasteiger partial charge on any atom is -0.504 e. The molecule has 0 fully saturated rings. The SMILES string of the molecule is COc1cc(C=NNC(=O)C(=O)NCC(C)C)ccc1O. The molecule has 0 unspecified atom stereocenters. The van der Waals surface area contributed by atoms with Crippen LogP contribution in [0.2, 0.25) is 0 Å². The van der Waals surface area contributed by atoms with Crippen LogP contribution in [0.15, 0.2) is 23.3 Å². The number of benzene rings is 1. The number of hydrazone groups is 1. The molecular formula is C14H19N3O4. The van der Waals surface area contributed by atoms with E-state index in [9.17, 15) is 14.7 Å². The Kier molecular flexibility index (Phi) is 6.19. The number of methoxy groups -OCH3 is 1. The van der Waals surface area contributed by atoms with Crippen molar-refractivity contribution < 1.29 is 19.4 Å². The van der Waals surface area contributed by atoms with Crippen LogP contribution in [-0.4, -0.2) is 36.8 Å². The van der Waals surface area contributed by atoms with Gasteiger partial charge in [-0.15, -0.1) is 0 Å². The highest BCUT2D eigenvalue weighted by Crippen LogP contribution is 2.25. The fourth-order valence-electron chi connectivity index (χ4n) is 1.37. The van der Waals surface area contributed by atoms with Crippen molar-refractivity contribution in [2.24, 2.45) is 11.0 Å². The molecule has 0 aliphatic heterocycles. The highest BCUT2D eigenvalue weighted by atomic mass is 16.5. The molecule has 0 heterocycles. The van der Waals surface area contributed by atoms with E-state index in [1.54, 1.807) is 12.1 Å². The molecule has 0 radical (unpaired) electrons. The third kappa shape index (κ3) is 5.52. The number of phenols is 1. The van der Waals surface area contributed by atoms with E-state index < -0.39 is 11.8 Å². The van der Waals surface area contributed by atoms with Crippen LogP contribution in [-0.2, 0) is 9.59 Å². The Bertz CT molecular complexity index is 541. The summed E-state index contributed by atoms with van der Waals surface area (Å²) in [5.74, 6) is -1.01. The molecule has 7 heteroatoms. The summed E-state index contributed by atoms with van der Waals surface area (Å²) in [5.41, 5.74) is 2.73. The highest BCUT2D eigenvalue weighted by molar-refractivity contribution is 6.35. The first-order valence-electron chi connectivity index (χ1n) is 6.42. The van der Waals surface area contributed by atoms with E-state index in [1.165, 1.54) is 19.4 Å². The lowest BCUT2D eigenvalue weighted by molar-refractivity contribution is -0.139. The molecule has 114 valence electrons. The van der Waals surface area contributed by atoms with Crippen LogP contribution in [0.1, 0.15) is 19.4 Å². The summed E-state index contributed by atoms with van der Waals surface area (Å²) in [7, 11) is 1.43. The molecule has 0 aliphatic carbocycles. The average molecular weight is 293 g/mol. The summed E-state index contributed by atoms with van der Waals surface area (Å²) in [6.45, 7) is 4.27. The zero-order valence-electron chi connectivity index (χ0n) is 12.2.